The molecule has 7 amide bonds. The number of nitrogens with one attached hydrogen (secondary N) is 7. The summed E-state index contributed by atoms with van der Waals surface area (Å²) >= 11 is 0. The van der Waals surface area contributed by atoms with Crippen molar-refractivity contribution in [2.24, 2.45) is 28.7 Å². The Morgan fingerprint density at radius 3 is 1.99 bits per heavy atom. The van der Waals surface area contributed by atoms with Crippen LogP contribution >= 0.6 is 0 Å². The quantitative estimate of drug-likeness (QED) is 0.0595. The highest BCUT2D eigenvalue weighted by Gasteiger charge is 2.41. The number of carbonyl (C=O) groups is 7. The van der Waals surface area contributed by atoms with Crippen molar-refractivity contribution in [2.45, 2.75) is 184 Å². The number of benzene rings is 1. The molecule has 7 atom stereocenters. The average molecular weight is 951 g/mol. The zero-order chi connectivity index (χ0) is 50.1. The van der Waals surface area contributed by atoms with E-state index in [2.05, 4.69) is 36.9 Å². The Balaban J connectivity index is 2.11. The van der Waals surface area contributed by atoms with Gasteiger partial charge in [0.25, 0.3) is 0 Å². The van der Waals surface area contributed by atoms with Gasteiger partial charge in [0.2, 0.25) is 41.4 Å². The molecule has 0 aliphatic carbocycles. The summed E-state index contributed by atoms with van der Waals surface area (Å²) in [6.45, 7) is 6.34. The highest BCUT2D eigenvalue weighted by atomic mass is 16.2. The third-order valence-electron chi connectivity index (χ3n) is 12.7. The fourth-order valence-corrected chi connectivity index (χ4v) is 8.34. The van der Waals surface area contributed by atoms with E-state index >= 15 is 0 Å². The molecule has 3 rings (SSSR count). The van der Waals surface area contributed by atoms with Crippen LogP contribution in [0.1, 0.15) is 142 Å². The monoisotopic (exact) mass is 951 g/mol. The molecule has 2 heterocycles. The minimum Gasteiger partial charge on any atom is -0.368 e. The van der Waals surface area contributed by atoms with E-state index < -0.39 is 82.6 Å². The molecule has 1 aromatic carbocycles. The number of rotatable bonds is 22. The molecule has 0 bridgehead atoms. The lowest BCUT2D eigenvalue weighted by Gasteiger charge is -2.33. The molecule has 19 heteroatoms. The molecule has 68 heavy (non-hydrogen) atoms. The summed E-state index contributed by atoms with van der Waals surface area (Å²) in [4.78, 5) is 102. The number of aromatic amines is 1. The minimum atomic E-state index is -1.53. The third kappa shape index (κ3) is 18.3. The van der Waals surface area contributed by atoms with Gasteiger partial charge in [-0.2, -0.15) is 0 Å². The van der Waals surface area contributed by atoms with Crippen LogP contribution in [-0.2, 0) is 40.0 Å². The first-order chi connectivity index (χ1) is 32.5. The molecule has 1 aliphatic rings. The standard InChI is InChI=1S/C49H82N12O7/c1-4-5-22-39-45(66)61-49(3,46(67)58-37(41(54)62)24-13-18-29-51)27-16-9-7-6-8-15-26-48(2,60-42(63)35(53)21-12-17-28-50)47(68)59-40(31-33-32-55-36-23-11-10-20-34(33)36)44(65)56-38(43(64)57-39)25-14-19-30-52/h6-7,10-11,20,23,32,35,37-40,55H,4-5,8-9,12-19,21-22,24-31,50-53H2,1-3H3,(H2,54,62)(H,56,65)(H,57,64)(H,58,67)(H,59,68)(H,60,63)(H,61,66)/b7-6+/t35-,37-,38-,39-,40-,48-,49-/m0/s1. The summed E-state index contributed by atoms with van der Waals surface area (Å²) in [5.74, 6) is -4.34. The Bertz CT molecular complexity index is 1980. The predicted octanol–water partition coefficient (Wildman–Crippen LogP) is 1.70. The third-order valence-corrected chi connectivity index (χ3v) is 12.7. The van der Waals surface area contributed by atoms with Gasteiger partial charge < -0.3 is 65.6 Å². The lowest BCUT2D eigenvalue weighted by Crippen LogP contribution is -2.64. The van der Waals surface area contributed by atoms with Gasteiger partial charge in [-0.15, -0.1) is 0 Å². The highest BCUT2D eigenvalue weighted by Crippen LogP contribution is 2.23. The van der Waals surface area contributed by atoms with Gasteiger partial charge in [-0.1, -0.05) is 56.5 Å². The van der Waals surface area contributed by atoms with Crippen LogP contribution in [0.3, 0.4) is 0 Å². The number of para-hydroxylation sites is 1. The second kappa shape index (κ2) is 29.5. The molecule has 1 aliphatic heterocycles. The Morgan fingerprint density at radius 1 is 0.750 bits per heavy atom. The molecule has 17 N–H and O–H groups in total. The molecule has 0 fully saturated rings. The van der Waals surface area contributed by atoms with Crippen molar-refractivity contribution >= 4 is 52.3 Å². The van der Waals surface area contributed by atoms with Gasteiger partial charge in [0.05, 0.1) is 6.04 Å². The van der Waals surface area contributed by atoms with E-state index in [1.54, 1.807) is 20.0 Å². The second-order valence-electron chi connectivity index (χ2n) is 18.6. The topological polar surface area (TPSA) is 338 Å². The van der Waals surface area contributed by atoms with Gasteiger partial charge in [0.15, 0.2) is 0 Å². The Labute approximate surface area is 402 Å². The van der Waals surface area contributed by atoms with Crippen LogP contribution in [0.25, 0.3) is 10.9 Å². The number of fused-ring (bicyclic) bond motifs is 1. The van der Waals surface area contributed by atoms with Crippen LogP contribution in [0.5, 0.6) is 0 Å². The Morgan fingerprint density at radius 2 is 1.34 bits per heavy atom. The molecule has 0 saturated heterocycles. The Kier molecular flexibility index (Phi) is 24.7. The number of carbonyl (C=O) groups excluding carboxylic acids is 7. The predicted molar refractivity (Wildman–Crippen MR) is 265 cm³/mol. The molecule has 19 nitrogen and oxygen atoms in total. The summed E-state index contributed by atoms with van der Waals surface area (Å²) in [7, 11) is 0. The van der Waals surface area contributed by atoms with Crippen molar-refractivity contribution in [2.75, 3.05) is 19.6 Å². The largest absolute Gasteiger partial charge is 0.368 e. The maximum absolute atomic E-state index is 14.7. The molecule has 0 unspecified atom stereocenters. The van der Waals surface area contributed by atoms with Gasteiger partial charge in [-0.05, 0) is 141 Å². The van der Waals surface area contributed by atoms with E-state index in [0.29, 0.717) is 103 Å². The van der Waals surface area contributed by atoms with Gasteiger partial charge in [-0.25, -0.2) is 0 Å². The maximum atomic E-state index is 14.7. The number of allylic oxidation sites excluding steroid dienone is 2. The summed E-state index contributed by atoms with van der Waals surface area (Å²) in [5, 5.41) is 18.1. The van der Waals surface area contributed by atoms with E-state index in [4.69, 9.17) is 28.7 Å². The summed E-state index contributed by atoms with van der Waals surface area (Å²) < 4.78 is 0. The van der Waals surface area contributed by atoms with Crippen molar-refractivity contribution in [3.63, 3.8) is 0 Å². The summed E-state index contributed by atoms with van der Waals surface area (Å²) in [6.07, 6.45) is 13.7. The first-order valence-corrected chi connectivity index (χ1v) is 24.7. The van der Waals surface area contributed by atoms with Gasteiger partial charge >= 0.3 is 0 Å². The number of unbranched alkanes of at least 4 members (excludes halogenated alkanes) is 4. The zero-order valence-corrected chi connectivity index (χ0v) is 40.7. The van der Waals surface area contributed by atoms with E-state index in [-0.39, 0.29) is 38.5 Å². The number of H-pyrrole nitrogens is 1. The smallest absolute Gasteiger partial charge is 0.246 e. The van der Waals surface area contributed by atoms with Crippen LogP contribution in [0.2, 0.25) is 0 Å². The van der Waals surface area contributed by atoms with Crippen molar-refractivity contribution in [3.05, 3.63) is 48.2 Å². The number of hydrogen-bond acceptors (Lipinski definition) is 11. The van der Waals surface area contributed by atoms with E-state index in [0.717, 1.165) is 16.5 Å². The van der Waals surface area contributed by atoms with Crippen molar-refractivity contribution in [1.29, 1.82) is 0 Å². The number of primary amides is 1. The normalized spacial score (nSPS) is 24.0. The number of aromatic nitrogens is 1. The molecule has 0 radical (unpaired) electrons. The number of amides is 7. The molecule has 1 aromatic heterocycles. The van der Waals surface area contributed by atoms with Crippen LogP contribution < -0.4 is 60.6 Å². The van der Waals surface area contributed by atoms with Gasteiger partial charge in [0, 0.05) is 23.5 Å². The summed E-state index contributed by atoms with van der Waals surface area (Å²) in [5.41, 5.74) is 27.7. The molecule has 380 valence electrons. The van der Waals surface area contributed by atoms with Gasteiger partial charge in [0.1, 0.15) is 35.2 Å². The fraction of sp³-hybridized carbons (Fsp3) is 0.653. The van der Waals surface area contributed by atoms with E-state index in [1.165, 1.54) is 0 Å². The lowest BCUT2D eigenvalue weighted by atomic mass is 9.91. The minimum absolute atomic E-state index is 0.0237. The maximum Gasteiger partial charge on any atom is 0.246 e. The first kappa shape index (κ1) is 57.0. The second-order valence-corrected chi connectivity index (χ2v) is 18.6. The number of nitrogens with two attached hydrogens (primary N) is 5. The average Bonchev–Trinajstić information content (AvgIpc) is 3.72. The van der Waals surface area contributed by atoms with Crippen molar-refractivity contribution in [1.82, 2.24) is 36.9 Å². The van der Waals surface area contributed by atoms with Gasteiger partial charge in [-0.3, -0.25) is 33.6 Å². The van der Waals surface area contributed by atoms with Crippen LogP contribution in [-0.4, -0.2) is 107 Å². The van der Waals surface area contributed by atoms with Crippen molar-refractivity contribution < 1.29 is 33.6 Å². The van der Waals surface area contributed by atoms with E-state index in [9.17, 15) is 33.6 Å². The molecule has 0 saturated carbocycles. The molecule has 0 spiro atoms. The van der Waals surface area contributed by atoms with Crippen LogP contribution in [0.4, 0.5) is 0 Å². The van der Waals surface area contributed by atoms with Crippen LogP contribution in [0, 0.1) is 0 Å². The Hall–Kier alpha value is -5.37. The number of hydrogen-bond donors (Lipinski definition) is 12. The molecular weight excluding hydrogens is 869 g/mol. The fourth-order valence-electron chi connectivity index (χ4n) is 8.34. The zero-order valence-electron chi connectivity index (χ0n) is 40.7. The summed E-state index contributed by atoms with van der Waals surface area (Å²) in [6, 6.07) is 2.14. The van der Waals surface area contributed by atoms with Crippen LogP contribution in [0.15, 0.2) is 42.6 Å². The molecular formula is C49H82N12O7. The lowest BCUT2D eigenvalue weighted by molar-refractivity contribution is -0.138. The first-order valence-electron chi connectivity index (χ1n) is 24.7. The highest BCUT2D eigenvalue weighted by molar-refractivity contribution is 5.99. The van der Waals surface area contributed by atoms with E-state index in [1.807, 2.05) is 43.3 Å². The SMILES string of the molecule is CCCC[C@@H]1NC(=O)[C@H](CCCCN)NC(=O)[C@H](Cc2c[nH]c3ccccc23)NC(=O)[C@@](C)(NC(=O)[C@@H](N)CCCCN)CCC/C=C/CCC[C@@](C)(C(=O)N[C@@H](CCCCN)C(N)=O)NC1=O. The van der Waals surface area contributed by atoms with Crippen molar-refractivity contribution in [3.8, 4) is 0 Å². The molecule has 2 aromatic rings.